The number of methoxy groups -OCH3 is 1. The first kappa shape index (κ1) is 20.0. The molecule has 150 valence electrons. The molecule has 6 heteroatoms. The van der Waals surface area contributed by atoms with Gasteiger partial charge in [-0.25, -0.2) is 4.98 Å². The summed E-state index contributed by atoms with van der Waals surface area (Å²) in [4.78, 5) is 16.7. The maximum Gasteiger partial charge on any atom is 0.270 e. The molecular weight excluding hydrogens is 354 g/mol. The highest BCUT2D eigenvalue weighted by atomic mass is 16.5. The van der Waals surface area contributed by atoms with Gasteiger partial charge in [-0.1, -0.05) is 25.7 Å². The van der Waals surface area contributed by atoms with E-state index in [1.165, 1.54) is 25.7 Å². The minimum absolute atomic E-state index is 0.0821. The molecule has 0 spiro atoms. The van der Waals surface area contributed by atoms with Gasteiger partial charge in [-0.3, -0.25) is 4.79 Å². The molecule has 1 fully saturated rings. The van der Waals surface area contributed by atoms with Crippen molar-refractivity contribution >= 4 is 11.6 Å². The number of pyridine rings is 1. The Balaban J connectivity index is 1.40. The van der Waals surface area contributed by atoms with Gasteiger partial charge in [0, 0.05) is 12.6 Å². The maximum absolute atomic E-state index is 12.4. The minimum atomic E-state index is -0.0821. The van der Waals surface area contributed by atoms with Crippen LogP contribution in [0.3, 0.4) is 0 Å². The molecule has 0 atom stereocenters. The zero-order valence-corrected chi connectivity index (χ0v) is 16.4. The molecule has 1 amide bonds. The Morgan fingerprint density at radius 3 is 2.39 bits per heavy atom. The fourth-order valence-electron chi connectivity index (χ4n) is 3.35. The summed E-state index contributed by atoms with van der Waals surface area (Å²) in [6.45, 7) is 1.16. The second kappa shape index (κ2) is 10.5. The number of carbonyl (C=O) groups excluding carboxylic acids is 1. The van der Waals surface area contributed by atoms with E-state index >= 15 is 0 Å². The van der Waals surface area contributed by atoms with E-state index in [9.17, 15) is 4.79 Å². The van der Waals surface area contributed by atoms with Crippen molar-refractivity contribution in [2.75, 3.05) is 25.6 Å². The van der Waals surface area contributed by atoms with E-state index < -0.39 is 0 Å². The zero-order chi connectivity index (χ0) is 19.6. The molecule has 1 aliphatic carbocycles. The van der Waals surface area contributed by atoms with E-state index in [1.54, 1.807) is 19.4 Å². The van der Waals surface area contributed by atoms with Gasteiger partial charge >= 0.3 is 0 Å². The van der Waals surface area contributed by atoms with Crippen LogP contribution in [0.1, 0.15) is 49.0 Å². The number of nitrogens with one attached hydrogen (secondary N) is 2. The predicted octanol–water partition coefficient (Wildman–Crippen LogP) is 4.03. The van der Waals surface area contributed by atoms with Crippen LogP contribution in [0.2, 0.25) is 0 Å². The highest BCUT2D eigenvalue weighted by Gasteiger charge is 2.16. The number of carbonyl (C=O) groups is 1. The van der Waals surface area contributed by atoms with Crippen LogP contribution >= 0.6 is 0 Å². The summed E-state index contributed by atoms with van der Waals surface area (Å²) in [5.41, 5.74) is 1.33. The summed E-state index contributed by atoms with van der Waals surface area (Å²) >= 11 is 0. The number of benzene rings is 1. The van der Waals surface area contributed by atoms with E-state index in [1.807, 2.05) is 30.3 Å². The molecule has 2 N–H and O–H groups in total. The third kappa shape index (κ3) is 6.15. The molecule has 0 bridgehead atoms. The van der Waals surface area contributed by atoms with Crippen LogP contribution < -0.4 is 20.1 Å². The van der Waals surface area contributed by atoms with Crippen molar-refractivity contribution < 1.29 is 14.3 Å². The van der Waals surface area contributed by atoms with Crippen molar-refractivity contribution in [3.8, 4) is 11.5 Å². The van der Waals surface area contributed by atoms with Crippen LogP contribution in [0.25, 0.3) is 0 Å². The van der Waals surface area contributed by atoms with Gasteiger partial charge in [0.1, 0.15) is 23.8 Å². The lowest BCUT2D eigenvalue weighted by Crippen LogP contribution is -2.34. The summed E-state index contributed by atoms with van der Waals surface area (Å²) in [6, 6.07) is 11.4. The van der Waals surface area contributed by atoms with Crippen molar-refractivity contribution in [1.29, 1.82) is 0 Å². The fraction of sp³-hybridized carbons (Fsp3) is 0.455. The molecule has 1 aromatic heterocycles. The Kier molecular flexibility index (Phi) is 7.53. The lowest BCUT2D eigenvalue weighted by atomic mass is 10.1. The largest absolute Gasteiger partial charge is 0.497 e. The maximum atomic E-state index is 12.4. The first-order valence-corrected chi connectivity index (χ1v) is 10.0. The SMILES string of the molecule is COc1ccc(OCCNc2ccc(C(=O)NC3CCCCCC3)nc2)cc1. The van der Waals surface area contributed by atoms with Gasteiger partial charge in [-0.15, -0.1) is 0 Å². The lowest BCUT2D eigenvalue weighted by Gasteiger charge is -2.16. The topological polar surface area (TPSA) is 72.5 Å². The Labute approximate surface area is 166 Å². The van der Waals surface area contributed by atoms with E-state index in [-0.39, 0.29) is 11.9 Å². The van der Waals surface area contributed by atoms with Crippen molar-refractivity contribution in [3.63, 3.8) is 0 Å². The molecule has 0 aliphatic heterocycles. The monoisotopic (exact) mass is 383 g/mol. The van der Waals surface area contributed by atoms with Gasteiger partial charge in [-0.2, -0.15) is 0 Å². The van der Waals surface area contributed by atoms with Crippen LogP contribution in [-0.4, -0.2) is 37.2 Å². The molecule has 1 aliphatic rings. The third-order valence-electron chi connectivity index (χ3n) is 4.95. The van der Waals surface area contributed by atoms with Crippen molar-refractivity contribution in [2.24, 2.45) is 0 Å². The number of hydrogen-bond donors (Lipinski definition) is 2. The average molecular weight is 383 g/mol. The van der Waals surface area contributed by atoms with Gasteiger partial charge in [0.2, 0.25) is 0 Å². The summed E-state index contributed by atoms with van der Waals surface area (Å²) in [5, 5.41) is 6.37. The lowest BCUT2D eigenvalue weighted by molar-refractivity contribution is 0.0928. The number of ether oxygens (including phenoxy) is 2. The van der Waals surface area contributed by atoms with Gasteiger partial charge in [0.05, 0.1) is 19.0 Å². The summed E-state index contributed by atoms with van der Waals surface area (Å²) < 4.78 is 10.8. The number of rotatable bonds is 8. The molecule has 3 rings (SSSR count). The molecule has 1 heterocycles. The zero-order valence-electron chi connectivity index (χ0n) is 16.4. The van der Waals surface area contributed by atoms with Crippen LogP contribution in [0.4, 0.5) is 5.69 Å². The summed E-state index contributed by atoms with van der Waals surface area (Å²) in [5.74, 6) is 1.52. The van der Waals surface area contributed by atoms with Gasteiger partial charge in [-0.05, 0) is 49.2 Å². The number of aromatic nitrogens is 1. The van der Waals surface area contributed by atoms with E-state index in [4.69, 9.17) is 9.47 Å². The van der Waals surface area contributed by atoms with Gasteiger partial charge in [0.15, 0.2) is 0 Å². The molecule has 28 heavy (non-hydrogen) atoms. The normalized spacial score (nSPS) is 14.8. The average Bonchev–Trinajstić information content (AvgIpc) is 3.01. The molecule has 0 saturated heterocycles. The molecule has 1 aromatic carbocycles. The Morgan fingerprint density at radius 1 is 1.04 bits per heavy atom. The van der Waals surface area contributed by atoms with Crippen molar-refractivity contribution in [1.82, 2.24) is 10.3 Å². The minimum Gasteiger partial charge on any atom is -0.497 e. The molecule has 1 saturated carbocycles. The van der Waals surface area contributed by atoms with Crippen LogP contribution in [-0.2, 0) is 0 Å². The highest BCUT2D eigenvalue weighted by Crippen LogP contribution is 2.18. The quantitative estimate of drug-likeness (QED) is 0.532. The number of amides is 1. The summed E-state index contributed by atoms with van der Waals surface area (Å²) in [6.07, 6.45) is 8.76. The van der Waals surface area contributed by atoms with Crippen LogP contribution in [0.5, 0.6) is 11.5 Å². The van der Waals surface area contributed by atoms with Crippen LogP contribution in [0.15, 0.2) is 42.6 Å². The summed E-state index contributed by atoms with van der Waals surface area (Å²) in [7, 11) is 1.64. The van der Waals surface area contributed by atoms with E-state index in [2.05, 4.69) is 15.6 Å². The fourth-order valence-corrected chi connectivity index (χ4v) is 3.35. The smallest absolute Gasteiger partial charge is 0.270 e. The van der Waals surface area contributed by atoms with Crippen LogP contribution in [0, 0.1) is 0 Å². The molecule has 6 nitrogen and oxygen atoms in total. The highest BCUT2D eigenvalue weighted by molar-refractivity contribution is 5.92. The first-order valence-electron chi connectivity index (χ1n) is 10.0. The number of anilines is 1. The third-order valence-corrected chi connectivity index (χ3v) is 4.95. The number of nitrogens with zero attached hydrogens (tertiary/aromatic N) is 1. The predicted molar refractivity (Wildman–Crippen MR) is 110 cm³/mol. The van der Waals surface area contributed by atoms with E-state index in [0.717, 1.165) is 30.0 Å². The van der Waals surface area contributed by atoms with Gasteiger partial charge < -0.3 is 20.1 Å². The van der Waals surface area contributed by atoms with Crippen molar-refractivity contribution in [2.45, 2.75) is 44.6 Å². The second-order valence-electron chi connectivity index (χ2n) is 7.04. The second-order valence-corrected chi connectivity index (χ2v) is 7.04. The standard InChI is InChI=1S/C22H29N3O3/c1-27-19-9-11-20(12-10-19)28-15-14-23-18-8-13-21(24-16-18)22(26)25-17-6-4-2-3-5-7-17/h8-13,16-17,23H,2-7,14-15H2,1H3,(H,25,26). The Hall–Kier alpha value is -2.76. The molecule has 0 radical (unpaired) electrons. The molecule has 0 unspecified atom stereocenters. The van der Waals surface area contributed by atoms with Gasteiger partial charge in [0.25, 0.3) is 5.91 Å². The van der Waals surface area contributed by atoms with E-state index in [0.29, 0.717) is 18.8 Å². The Morgan fingerprint density at radius 2 is 1.75 bits per heavy atom. The molecular formula is C22H29N3O3. The number of hydrogen-bond acceptors (Lipinski definition) is 5. The Bertz CT molecular complexity index is 724. The first-order chi connectivity index (χ1) is 13.7. The molecule has 2 aromatic rings. The van der Waals surface area contributed by atoms with Crippen molar-refractivity contribution in [3.05, 3.63) is 48.3 Å².